The molecule has 3 rings (SSSR count). The van der Waals surface area contributed by atoms with Crippen LogP contribution in [0.25, 0.3) is 10.6 Å². The molecule has 0 aliphatic carbocycles. The summed E-state index contributed by atoms with van der Waals surface area (Å²) in [6.07, 6.45) is 2.49. The molecule has 0 atom stereocenters. The normalized spacial score (nSPS) is 10.6. The van der Waals surface area contributed by atoms with Crippen LogP contribution in [0.4, 0.5) is 0 Å². The summed E-state index contributed by atoms with van der Waals surface area (Å²) in [6.45, 7) is 0.466. The fourth-order valence-corrected chi connectivity index (χ4v) is 3.73. The van der Waals surface area contributed by atoms with Crippen LogP contribution < -0.4 is 10.1 Å². The number of ketones is 1. The van der Waals surface area contributed by atoms with Gasteiger partial charge in [0.05, 0.1) is 23.9 Å². The molecule has 146 valence electrons. The van der Waals surface area contributed by atoms with Gasteiger partial charge in [0.15, 0.2) is 5.78 Å². The molecule has 0 fully saturated rings. The van der Waals surface area contributed by atoms with E-state index < -0.39 is 0 Å². The van der Waals surface area contributed by atoms with E-state index in [2.05, 4.69) is 15.3 Å². The second kappa shape index (κ2) is 9.52. The van der Waals surface area contributed by atoms with Crippen LogP contribution >= 0.6 is 22.9 Å². The van der Waals surface area contributed by atoms with Gasteiger partial charge < -0.3 is 15.0 Å². The Hall–Kier alpha value is -2.64. The maximum absolute atomic E-state index is 12.4. The number of H-pyrrole nitrogens is 1. The minimum atomic E-state index is -0.178. The van der Waals surface area contributed by atoms with Crippen molar-refractivity contribution in [2.24, 2.45) is 0 Å². The molecule has 3 aromatic rings. The number of hydrogen-bond acceptors (Lipinski definition) is 5. The Kier molecular flexibility index (Phi) is 6.84. The highest BCUT2D eigenvalue weighted by atomic mass is 35.5. The van der Waals surface area contributed by atoms with Crippen LogP contribution in [0.5, 0.6) is 5.75 Å². The van der Waals surface area contributed by atoms with Crippen molar-refractivity contribution >= 4 is 34.6 Å². The maximum Gasteiger partial charge on any atom is 0.220 e. The summed E-state index contributed by atoms with van der Waals surface area (Å²) in [5, 5.41) is 5.30. The van der Waals surface area contributed by atoms with Gasteiger partial charge in [0, 0.05) is 36.5 Å². The third-order valence-electron chi connectivity index (χ3n) is 4.21. The molecule has 2 heterocycles. The number of benzene rings is 1. The van der Waals surface area contributed by atoms with E-state index in [0.717, 1.165) is 16.3 Å². The zero-order valence-electron chi connectivity index (χ0n) is 15.3. The first-order chi connectivity index (χ1) is 13.6. The molecule has 0 aliphatic rings. The smallest absolute Gasteiger partial charge is 0.220 e. The number of halogens is 1. The number of carbonyl (C=O) groups is 2. The molecule has 1 aromatic carbocycles. The Labute approximate surface area is 171 Å². The lowest BCUT2D eigenvalue weighted by atomic mass is 10.1. The van der Waals surface area contributed by atoms with E-state index in [0.29, 0.717) is 29.3 Å². The van der Waals surface area contributed by atoms with E-state index in [4.69, 9.17) is 16.3 Å². The largest absolute Gasteiger partial charge is 0.496 e. The van der Waals surface area contributed by atoms with E-state index in [-0.39, 0.29) is 24.5 Å². The number of aromatic amines is 1. The van der Waals surface area contributed by atoms with Gasteiger partial charge in [0.2, 0.25) is 5.91 Å². The Morgan fingerprint density at radius 1 is 1.29 bits per heavy atom. The Bertz CT molecular complexity index is 954. The standard InChI is InChI=1S/C20H20ClN3O3S/c1-27-17-6-4-13(21)11-14(17)16(25)5-7-19(26)22-9-8-15-20(24-12-23-15)18-3-2-10-28-18/h2-4,6,10-12H,5,7-9H2,1H3,(H,22,26)(H,23,24). The van der Waals surface area contributed by atoms with Gasteiger partial charge in [-0.2, -0.15) is 0 Å². The van der Waals surface area contributed by atoms with Gasteiger partial charge in [-0.05, 0) is 29.6 Å². The number of ether oxygens (including phenoxy) is 1. The fraction of sp³-hybridized carbons (Fsp3) is 0.250. The predicted molar refractivity (Wildman–Crippen MR) is 110 cm³/mol. The van der Waals surface area contributed by atoms with Gasteiger partial charge in [-0.25, -0.2) is 4.98 Å². The number of Topliss-reactive ketones (excluding diaryl/α,β-unsaturated/α-hetero) is 1. The lowest BCUT2D eigenvalue weighted by Crippen LogP contribution is -2.26. The van der Waals surface area contributed by atoms with E-state index in [9.17, 15) is 9.59 Å². The molecule has 1 amide bonds. The number of methoxy groups -OCH3 is 1. The molecule has 0 bridgehead atoms. The van der Waals surface area contributed by atoms with Crippen LogP contribution in [0, 0.1) is 0 Å². The summed E-state index contributed by atoms with van der Waals surface area (Å²) < 4.78 is 5.19. The van der Waals surface area contributed by atoms with Crippen molar-refractivity contribution in [3.63, 3.8) is 0 Å². The number of nitrogens with zero attached hydrogens (tertiary/aromatic N) is 1. The summed E-state index contributed by atoms with van der Waals surface area (Å²) in [5.74, 6) is 0.102. The van der Waals surface area contributed by atoms with E-state index in [1.807, 2.05) is 17.5 Å². The Morgan fingerprint density at radius 2 is 2.14 bits per heavy atom. The summed E-state index contributed by atoms with van der Waals surface area (Å²) in [5.41, 5.74) is 2.27. The zero-order chi connectivity index (χ0) is 19.9. The van der Waals surface area contributed by atoms with Crippen LogP contribution in [-0.4, -0.2) is 35.3 Å². The summed E-state index contributed by atoms with van der Waals surface area (Å²) in [6, 6.07) is 8.85. The van der Waals surface area contributed by atoms with Gasteiger partial charge in [-0.3, -0.25) is 9.59 Å². The van der Waals surface area contributed by atoms with E-state index in [1.54, 1.807) is 35.9 Å². The number of thiophene rings is 1. The lowest BCUT2D eigenvalue weighted by molar-refractivity contribution is -0.121. The molecule has 0 radical (unpaired) electrons. The lowest BCUT2D eigenvalue weighted by Gasteiger charge is -2.08. The topological polar surface area (TPSA) is 84.1 Å². The molecule has 0 saturated heterocycles. The van der Waals surface area contributed by atoms with Gasteiger partial charge in [-0.15, -0.1) is 11.3 Å². The molecule has 0 spiro atoms. The highest BCUT2D eigenvalue weighted by molar-refractivity contribution is 7.13. The molecule has 0 saturated carbocycles. The van der Waals surface area contributed by atoms with Gasteiger partial charge in [0.1, 0.15) is 11.4 Å². The molecule has 2 aromatic heterocycles. The highest BCUT2D eigenvalue weighted by Crippen LogP contribution is 2.26. The Balaban J connectivity index is 1.47. The third-order valence-corrected chi connectivity index (χ3v) is 5.32. The van der Waals surface area contributed by atoms with Crippen molar-refractivity contribution in [1.29, 1.82) is 0 Å². The van der Waals surface area contributed by atoms with Gasteiger partial charge >= 0.3 is 0 Å². The SMILES string of the molecule is COc1ccc(Cl)cc1C(=O)CCC(=O)NCCc1[nH]cnc1-c1cccs1. The summed E-state index contributed by atoms with van der Waals surface area (Å²) in [4.78, 5) is 33.0. The molecular formula is C20H20ClN3O3S. The minimum Gasteiger partial charge on any atom is -0.496 e. The first-order valence-corrected chi connectivity index (χ1v) is 10.0. The molecule has 8 heteroatoms. The highest BCUT2D eigenvalue weighted by Gasteiger charge is 2.15. The number of aromatic nitrogens is 2. The van der Waals surface area contributed by atoms with Crippen LogP contribution in [0.3, 0.4) is 0 Å². The maximum atomic E-state index is 12.4. The minimum absolute atomic E-state index is 0.0903. The first kappa shape index (κ1) is 20.1. The quantitative estimate of drug-likeness (QED) is 0.513. The van der Waals surface area contributed by atoms with Crippen molar-refractivity contribution in [1.82, 2.24) is 15.3 Å². The van der Waals surface area contributed by atoms with Crippen LogP contribution in [0.15, 0.2) is 42.0 Å². The van der Waals surface area contributed by atoms with E-state index in [1.165, 1.54) is 7.11 Å². The number of imidazole rings is 1. The average molecular weight is 418 g/mol. The van der Waals surface area contributed by atoms with Gasteiger partial charge in [0.25, 0.3) is 0 Å². The summed E-state index contributed by atoms with van der Waals surface area (Å²) >= 11 is 7.57. The van der Waals surface area contributed by atoms with Crippen LogP contribution in [-0.2, 0) is 11.2 Å². The first-order valence-electron chi connectivity index (χ1n) is 8.78. The average Bonchev–Trinajstić information content (AvgIpc) is 3.37. The molecular weight excluding hydrogens is 398 g/mol. The summed E-state index contributed by atoms with van der Waals surface area (Å²) in [7, 11) is 1.49. The fourth-order valence-electron chi connectivity index (χ4n) is 2.81. The second-order valence-electron chi connectivity index (χ2n) is 6.07. The van der Waals surface area contributed by atoms with Crippen molar-refractivity contribution in [2.75, 3.05) is 13.7 Å². The number of amides is 1. The zero-order valence-corrected chi connectivity index (χ0v) is 16.9. The molecule has 28 heavy (non-hydrogen) atoms. The molecule has 0 unspecified atom stereocenters. The van der Waals surface area contributed by atoms with Crippen molar-refractivity contribution in [3.8, 4) is 16.3 Å². The van der Waals surface area contributed by atoms with Crippen molar-refractivity contribution < 1.29 is 14.3 Å². The number of nitrogens with one attached hydrogen (secondary N) is 2. The number of hydrogen-bond donors (Lipinski definition) is 2. The van der Waals surface area contributed by atoms with Crippen LogP contribution in [0.1, 0.15) is 28.9 Å². The van der Waals surface area contributed by atoms with E-state index >= 15 is 0 Å². The van der Waals surface area contributed by atoms with Crippen molar-refractivity contribution in [3.05, 3.63) is 58.3 Å². The molecule has 2 N–H and O–H groups in total. The molecule has 6 nitrogen and oxygen atoms in total. The number of carbonyl (C=O) groups excluding carboxylic acids is 2. The predicted octanol–water partition coefficient (Wildman–Crippen LogP) is 4.12. The second-order valence-corrected chi connectivity index (χ2v) is 7.46. The Morgan fingerprint density at radius 3 is 2.89 bits per heavy atom. The monoisotopic (exact) mass is 417 g/mol. The third kappa shape index (κ3) is 4.99. The van der Waals surface area contributed by atoms with Crippen LogP contribution in [0.2, 0.25) is 5.02 Å². The van der Waals surface area contributed by atoms with Gasteiger partial charge in [-0.1, -0.05) is 17.7 Å². The number of rotatable bonds is 9. The van der Waals surface area contributed by atoms with Crippen molar-refractivity contribution in [2.45, 2.75) is 19.3 Å². The molecule has 0 aliphatic heterocycles.